The average molecular weight is 716 g/mol. The molecule has 2 amide bonds. The normalized spacial score (nSPS) is 12.0. The molecule has 0 unspecified atom stereocenters. The fraction of sp³-hybridized carbons (Fsp3) is 0.310. The van der Waals surface area contributed by atoms with Gasteiger partial charge >= 0.3 is 0 Å². The highest BCUT2D eigenvalue weighted by Crippen LogP contribution is 2.29. The molecule has 40 heavy (non-hydrogen) atoms. The molecule has 0 bridgehead atoms. The second-order valence-corrected chi connectivity index (χ2v) is 13.0. The Bertz CT molecular complexity index is 1390. The molecule has 0 radical (unpaired) electrons. The summed E-state index contributed by atoms with van der Waals surface area (Å²) in [6, 6.07) is 18.9. The van der Waals surface area contributed by atoms with Gasteiger partial charge in [0.15, 0.2) is 0 Å². The quantitative estimate of drug-likeness (QED) is 0.161. The summed E-state index contributed by atoms with van der Waals surface area (Å²) in [5.41, 5.74) is 0.805. The SMILES string of the molecule is CCCCNC(=O)[C@@H](CC)N(Cc1c(Cl)cccc1Cl)C(=O)CN(c1ccc(I)cc1)S(=O)(=O)c1ccccc1. The van der Waals surface area contributed by atoms with Gasteiger partial charge in [-0.15, -0.1) is 0 Å². The van der Waals surface area contributed by atoms with E-state index in [-0.39, 0.29) is 17.3 Å². The fourth-order valence-electron chi connectivity index (χ4n) is 4.14. The molecule has 0 saturated carbocycles. The molecule has 1 atom stereocenters. The van der Waals surface area contributed by atoms with Gasteiger partial charge < -0.3 is 10.2 Å². The number of amides is 2. The Morgan fingerprint density at radius 3 is 2.12 bits per heavy atom. The number of benzene rings is 3. The molecule has 7 nitrogen and oxygen atoms in total. The van der Waals surface area contributed by atoms with Gasteiger partial charge in [0.2, 0.25) is 11.8 Å². The Kier molecular flexibility index (Phi) is 12.1. The van der Waals surface area contributed by atoms with Crippen LogP contribution in [0.2, 0.25) is 10.0 Å². The summed E-state index contributed by atoms with van der Waals surface area (Å²) in [6.07, 6.45) is 2.00. The molecule has 0 fully saturated rings. The number of sulfonamides is 1. The molecule has 1 N–H and O–H groups in total. The number of anilines is 1. The van der Waals surface area contributed by atoms with E-state index in [1.54, 1.807) is 67.6 Å². The summed E-state index contributed by atoms with van der Waals surface area (Å²) < 4.78 is 29.6. The van der Waals surface area contributed by atoms with Crippen LogP contribution in [0, 0.1) is 3.57 Å². The van der Waals surface area contributed by atoms with Crippen LogP contribution in [-0.2, 0) is 26.2 Å². The summed E-state index contributed by atoms with van der Waals surface area (Å²) in [5, 5.41) is 3.59. The van der Waals surface area contributed by atoms with Crippen LogP contribution in [0.1, 0.15) is 38.7 Å². The minimum Gasteiger partial charge on any atom is -0.354 e. The number of nitrogens with zero attached hydrogens (tertiary/aromatic N) is 2. The van der Waals surface area contributed by atoms with E-state index in [0.29, 0.717) is 34.3 Å². The molecular weight excluding hydrogens is 684 g/mol. The number of unbranched alkanes of at least 4 members (excludes halogenated alkanes) is 1. The van der Waals surface area contributed by atoms with Crippen molar-refractivity contribution in [3.8, 4) is 0 Å². The topological polar surface area (TPSA) is 86.8 Å². The van der Waals surface area contributed by atoms with Crippen LogP contribution in [0.15, 0.2) is 77.7 Å². The first-order valence-corrected chi connectivity index (χ1v) is 16.2. The smallest absolute Gasteiger partial charge is 0.264 e. The van der Waals surface area contributed by atoms with Crippen molar-refractivity contribution in [2.75, 3.05) is 17.4 Å². The van der Waals surface area contributed by atoms with E-state index in [4.69, 9.17) is 23.2 Å². The zero-order valence-corrected chi connectivity index (χ0v) is 26.8. The third-order valence-corrected chi connectivity index (χ3v) is 9.55. The van der Waals surface area contributed by atoms with Crippen LogP contribution in [0.3, 0.4) is 0 Å². The van der Waals surface area contributed by atoms with Gasteiger partial charge in [-0.05, 0) is 84.0 Å². The van der Waals surface area contributed by atoms with Crippen molar-refractivity contribution in [1.29, 1.82) is 0 Å². The van der Waals surface area contributed by atoms with Crippen LogP contribution in [0.5, 0.6) is 0 Å². The van der Waals surface area contributed by atoms with E-state index in [2.05, 4.69) is 27.9 Å². The highest BCUT2D eigenvalue weighted by Gasteiger charge is 2.34. The van der Waals surface area contributed by atoms with Crippen molar-refractivity contribution in [3.05, 3.63) is 92.0 Å². The maximum atomic E-state index is 14.1. The predicted molar refractivity (Wildman–Crippen MR) is 169 cm³/mol. The van der Waals surface area contributed by atoms with Crippen LogP contribution >= 0.6 is 45.8 Å². The number of hydrogen-bond acceptors (Lipinski definition) is 4. The second kappa shape index (κ2) is 15.0. The summed E-state index contributed by atoms with van der Waals surface area (Å²) in [5.74, 6) is -0.884. The lowest BCUT2D eigenvalue weighted by Crippen LogP contribution is -2.52. The largest absolute Gasteiger partial charge is 0.354 e. The number of carbonyl (C=O) groups excluding carboxylic acids is 2. The molecule has 0 spiro atoms. The van der Waals surface area contributed by atoms with Crippen LogP contribution in [-0.4, -0.2) is 44.3 Å². The molecular formula is C29H32Cl2IN3O4S. The Morgan fingerprint density at radius 1 is 0.925 bits per heavy atom. The minimum atomic E-state index is -4.12. The lowest BCUT2D eigenvalue weighted by atomic mass is 10.1. The zero-order chi connectivity index (χ0) is 29.3. The molecule has 0 saturated heterocycles. The van der Waals surface area contributed by atoms with Gasteiger partial charge in [-0.1, -0.05) is 67.7 Å². The molecule has 3 aromatic rings. The van der Waals surface area contributed by atoms with Gasteiger partial charge in [0.1, 0.15) is 12.6 Å². The van der Waals surface area contributed by atoms with Crippen molar-refractivity contribution < 1.29 is 18.0 Å². The van der Waals surface area contributed by atoms with Crippen LogP contribution in [0.4, 0.5) is 5.69 Å². The van der Waals surface area contributed by atoms with Gasteiger partial charge in [-0.3, -0.25) is 13.9 Å². The first kappa shape index (κ1) is 32.2. The lowest BCUT2D eigenvalue weighted by Gasteiger charge is -2.33. The maximum absolute atomic E-state index is 14.1. The highest BCUT2D eigenvalue weighted by atomic mass is 127. The Morgan fingerprint density at radius 2 is 1.55 bits per heavy atom. The fourth-order valence-corrected chi connectivity index (χ4v) is 6.45. The monoisotopic (exact) mass is 715 g/mol. The van der Waals surface area contributed by atoms with E-state index in [1.165, 1.54) is 17.0 Å². The van der Waals surface area contributed by atoms with E-state index in [0.717, 1.165) is 20.7 Å². The third kappa shape index (κ3) is 8.11. The highest BCUT2D eigenvalue weighted by molar-refractivity contribution is 14.1. The van der Waals surface area contributed by atoms with E-state index in [9.17, 15) is 18.0 Å². The predicted octanol–water partition coefficient (Wildman–Crippen LogP) is 6.52. The van der Waals surface area contributed by atoms with Gasteiger partial charge in [-0.25, -0.2) is 8.42 Å². The molecule has 3 rings (SSSR count). The molecule has 0 aliphatic rings. The van der Waals surface area contributed by atoms with Crippen molar-refractivity contribution in [2.45, 2.75) is 50.6 Å². The van der Waals surface area contributed by atoms with Crippen LogP contribution < -0.4 is 9.62 Å². The van der Waals surface area contributed by atoms with Crippen molar-refractivity contribution in [2.24, 2.45) is 0 Å². The average Bonchev–Trinajstić information content (AvgIpc) is 2.94. The van der Waals surface area contributed by atoms with Crippen molar-refractivity contribution in [3.63, 3.8) is 0 Å². The lowest BCUT2D eigenvalue weighted by molar-refractivity contribution is -0.140. The first-order chi connectivity index (χ1) is 19.1. The number of rotatable bonds is 13. The van der Waals surface area contributed by atoms with Crippen LogP contribution in [0.25, 0.3) is 0 Å². The molecule has 11 heteroatoms. The Balaban J connectivity index is 2.06. The number of halogens is 3. The van der Waals surface area contributed by atoms with E-state index < -0.39 is 28.5 Å². The second-order valence-electron chi connectivity index (χ2n) is 9.09. The summed E-state index contributed by atoms with van der Waals surface area (Å²) in [7, 11) is -4.12. The Labute approximate surface area is 260 Å². The van der Waals surface area contributed by atoms with Crippen molar-refractivity contribution in [1.82, 2.24) is 10.2 Å². The summed E-state index contributed by atoms with van der Waals surface area (Å²) in [6.45, 7) is 3.70. The first-order valence-electron chi connectivity index (χ1n) is 12.9. The van der Waals surface area contributed by atoms with E-state index in [1.807, 2.05) is 6.92 Å². The number of carbonyl (C=O) groups is 2. The molecule has 0 aliphatic heterocycles. The molecule has 0 aliphatic carbocycles. The maximum Gasteiger partial charge on any atom is 0.264 e. The van der Waals surface area contributed by atoms with Gasteiger partial charge in [0.25, 0.3) is 10.0 Å². The summed E-state index contributed by atoms with van der Waals surface area (Å²) >= 11 is 15.0. The zero-order valence-electron chi connectivity index (χ0n) is 22.3. The number of nitrogens with one attached hydrogen (secondary N) is 1. The van der Waals surface area contributed by atoms with Gasteiger partial charge in [-0.2, -0.15) is 0 Å². The molecule has 0 heterocycles. The number of hydrogen-bond donors (Lipinski definition) is 1. The van der Waals surface area contributed by atoms with Gasteiger partial charge in [0.05, 0.1) is 10.6 Å². The molecule has 214 valence electrons. The third-order valence-electron chi connectivity index (χ3n) is 6.33. The minimum absolute atomic E-state index is 0.0476. The molecule has 0 aromatic heterocycles. The van der Waals surface area contributed by atoms with Gasteiger partial charge in [0, 0.05) is 32.3 Å². The van der Waals surface area contributed by atoms with Crippen molar-refractivity contribution >= 4 is 73.3 Å². The molecule has 3 aromatic carbocycles. The standard InChI is InChI=1S/C29H32Cl2IN3O4S/c1-3-5-18-33-29(37)27(4-2)34(19-24-25(30)12-9-13-26(24)31)28(36)20-35(22-16-14-21(32)15-17-22)40(38,39)23-10-7-6-8-11-23/h6-17,27H,3-5,18-20H2,1-2H3,(H,33,37)/t27-/m1/s1. The van der Waals surface area contributed by atoms with E-state index >= 15 is 0 Å². The Hall–Kier alpha value is -2.34. The summed E-state index contributed by atoms with van der Waals surface area (Å²) in [4.78, 5) is 28.8.